The topological polar surface area (TPSA) is 74.2 Å². The van der Waals surface area contributed by atoms with Crippen molar-refractivity contribution in [1.29, 1.82) is 0 Å². The first-order chi connectivity index (χ1) is 9.75. The third kappa shape index (κ3) is 4.64. The first-order valence-corrected chi connectivity index (χ1v) is 7.32. The first-order valence-electron chi connectivity index (χ1n) is 6.37. The van der Waals surface area contributed by atoms with Gasteiger partial charge in [0.2, 0.25) is 0 Å². The molecule has 2 rings (SSSR count). The predicted octanol–water partition coefficient (Wildman–Crippen LogP) is 2.07. The Bertz CT molecular complexity index is 516. The molecular weight excluding hydrogens is 274 g/mol. The normalized spacial score (nSPS) is 11.8. The van der Waals surface area contributed by atoms with Crippen LogP contribution in [0.5, 0.6) is 0 Å². The fourth-order valence-electron chi connectivity index (χ4n) is 1.72. The van der Waals surface area contributed by atoms with Crippen LogP contribution in [0.2, 0.25) is 0 Å². The van der Waals surface area contributed by atoms with Gasteiger partial charge in [-0.15, -0.1) is 11.3 Å². The number of hydrogen-bond donors (Lipinski definition) is 3. The van der Waals surface area contributed by atoms with E-state index in [1.54, 1.807) is 5.51 Å². The Labute approximate surface area is 121 Å². The van der Waals surface area contributed by atoms with Crippen molar-refractivity contribution in [3.63, 3.8) is 0 Å². The van der Waals surface area contributed by atoms with Crippen molar-refractivity contribution in [2.75, 3.05) is 6.54 Å². The maximum Gasteiger partial charge on any atom is 0.315 e. The van der Waals surface area contributed by atoms with E-state index >= 15 is 0 Å². The van der Waals surface area contributed by atoms with Gasteiger partial charge in [0.25, 0.3) is 0 Å². The van der Waals surface area contributed by atoms with E-state index in [2.05, 4.69) is 15.6 Å². The van der Waals surface area contributed by atoms with Crippen molar-refractivity contribution < 1.29 is 9.90 Å². The maximum atomic E-state index is 11.5. The van der Waals surface area contributed by atoms with Gasteiger partial charge in [-0.25, -0.2) is 9.78 Å². The summed E-state index contributed by atoms with van der Waals surface area (Å²) in [6.07, 6.45) is -0.0799. The summed E-state index contributed by atoms with van der Waals surface area (Å²) in [4.78, 5) is 15.6. The van der Waals surface area contributed by atoms with Crippen LogP contribution in [0.25, 0.3) is 0 Å². The minimum Gasteiger partial charge on any atom is -0.388 e. The van der Waals surface area contributed by atoms with Gasteiger partial charge in [-0.3, -0.25) is 0 Å². The van der Waals surface area contributed by atoms with E-state index in [0.29, 0.717) is 19.5 Å². The minimum absolute atomic E-state index is 0.252. The van der Waals surface area contributed by atoms with Crippen LogP contribution in [0.3, 0.4) is 0 Å². The molecule has 2 aromatic rings. The smallest absolute Gasteiger partial charge is 0.315 e. The van der Waals surface area contributed by atoms with Crippen LogP contribution in [0.1, 0.15) is 23.8 Å². The Morgan fingerprint density at radius 2 is 2.10 bits per heavy atom. The summed E-state index contributed by atoms with van der Waals surface area (Å²) >= 11 is 1.49. The molecule has 2 amide bonds. The summed E-state index contributed by atoms with van der Waals surface area (Å²) in [7, 11) is 0. The number of urea groups is 1. The number of aliphatic hydroxyl groups excluding tert-OH is 1. The van der Waals surface area contributed by atoms with Crippen molar-refractivity contribution in [3.05, 3.63) is 52.5 Å². The van der Waals surface area contributed by atoms with Gasteiger partial charge in [0, 0.05) is 11.9 Å². The molecule has 0 aliphatic carbocycles. The third-order valence-corrected chi connectivity index (χ3v) is 3.44. The van der Waals surface area contributed by atoms with Crippen LogP contribution in [0.15, 0.2) is 41.2 Å². The molecular formula is C14H17N3O2S. The summed E-state index contributed by atoms with van der Waals surface area (Å²) < 4.78 is 0. The quantitative estimate of drug-likeness (QED) is 0.762. The summed E-state index contributed by atoms with van der Waals surface area (Å²) in [5, 5.41) is 17.2. The standard InChI is InChI=1S/C14H17N3O2S/c18-13(11-4-2-1-3-5-11)6-7-15-14(19)16-8-12-9-20-10-17-12/h1-5,9-10,13,18H,6-8H2,(H2,15,16,19). The third-order valence-electron chi connectivity index (χ3n) is 2.80. The zero-order valence-electron chi connectivity index (χ0n) is 11.0. The molecule has 1 aromatic carbocycles. The highest BCUT2D eigenvalue weighted by atomic mass is 32.1. The van der Waals surface area contributed by atoms with Crippen LogP contribution < -0.4 is 10.6 Å². The number of aliphatic hydroxyl groups is 1. The molecule has 0 fully saturated rings. The number of nitrogens with one attached hydrogen (secondary N) is 2. The van der Waals surface area contributed by atoms with Gasteiger partial charge < -0.3 is 15.7 Å². The van der Waals surface area contributed by atoms with Crippen LogP contribution >= 0.6 is 11.3 Å². The Hall–Kier alpha value is -1.92. The largest absolute Gasteiger partial charge is 0.388 e. The summed E-state index contributed by atoms with van der Waals surface area (Å²) in [5.74, 6) is 0. The van der Waals surface area contributed by atoms with E-state index in [4.69, 9.17) is 0 Å². The second-order valence-electron chi connectivity index (χ2n) is 4.30. The SMILES string of the molecule is O=C(NCCC(O)c1ccccc1)NCc1cscn1. The number of hydrogen-bond acceptors (Lipinski definition) is 4. The average molecular weight is 291 g/mol. The van der Waals surface area contributed by atoms with E-state index in [1.165, 1.54) is 11.3 Å². The van der Waals surface area contributed by atoms with Gasteiger partial charge in [-0.05, 0) is 12.0 Å². The molecule has 0 bridgehead atoms. The molecule has 3 N–H and O–H groups in total. The molecule has 0 saturated carbocycles. The molecule has 1 atom stereocenters. The molecule has 0 saturated heterocycles. The number of rotatable bonds is 6. The number of amides is 2. The lowest BCUT2D eigenvalue weighted by Crippen LogP contribution is -2.36. The van der Waals surface area contributed by atoms with Crippen molar-refractivity contribution in [2.45, 2.75) is 19.1 Å². The Morgan fingerprint density at radius 3 is 2.80 bits per heavy atom. The van der Waals surface area contributed by atoms with E-state index in [1.807, 2.05) is 35.7 Å². The highest BCUT2D eigenvalue weighted by Crippen LogP contribution is 2.14. The van der Waals surface area contributed by atoms with E-state index in [9.17, 15) is 9.90 Å². The monoisotopic (exact) mass is 291 g/mol. The van der Waals surface area contributed by atoms with E-state index in [0.717, 1.165) is 11.3 Å². The van der Waals surface area contributed by atoms with Crippen LogP contribution in [-0.2, 0) is 6.54 Å². The number of carbonyl (C=O) groups is 1. The lowest BCUT2D eigenvalue weighted by Gasteiger charge is -2.11. The van der Waals surface area contributed by atoms with Crippen molar-refractivity contribution >= 4 is 17.4 Å². The second-order valence-corrected chi connectivity index (χ2v) is 5.02. The van der Waals surface area contributed by atoms with Crippen LogP contribution in [0, 0.1) is 0 Å². The van der Waals surface area contributed by atoms with Crippen molar-refractivity contribution in [2.24, 2.45) is 0 Å². The fourth-order valence-corrected chi connectivity index (χ4v) is 2.28. The maximum absolute atomic E-state index is 11.5. The zero-order chi connectivity index (χ0) is 14.2. The molecule has 1 unspecified atom stereocenters. The number of benzene rings is 1. The predicted molar refractivity (Wildman–Crippen MR) is 78.4 cm³/mol. The van der Waals surface area contributed by atoms with Crippen molar-refractivity contribution in [1.82, 2.24) is 15.6 Å². The molecule has 106 valence electrons. The molecule has 0 radical (unpaired) electrons. The van der Waals surface area contributed by atoms with Crippen LogP contribution in [-0.4, -0.2) is 22.7 Å². The Kier molecular flexibility index (Phi) is 5.52. The van der Waals surface area contributed by atoms with Crippen molar-refractivity contribution in [3.8, 4) is 0 Å². The van der Waals surface area contributed by atoms with Gasteiger partial charge in [0.15, 0.2) is 0 Å². The summed E-state index contributed by atoms with van der Waals surface area (Å²) in [5.41, 5.74) is 3.43. The average Bonchev–Trinajstić information content (AvgIpc) is 2.99. The lowest BCUT2D eigenvalue weighted by molar-refractivity contribution is 0.167. The summed E-state index contributed by atoms with van der Waals surface area (Å²) in [6.45, 7) is 0.829. The molecule has 20 heavy (non-hydrogen) atoms. The number of carbonyl (C=O) groups excluding carboxylic acids is 1. The Morgan fingerprint density at radius 1 is 1.30 bits per heavy atom. The van der Waals surface area contributed by atoms with Crippen LogP contribution in [0.4, 0.5) is 4.79 Å². The molecule has 0 aliphatic heterocycles. The molecule has 6 heteroatoms. The zero-order valence-corrected chi connectivity index (χ0v) is 11.8. The number of aromatic nitrogens is 1. The molecule has 1 aromatic heterocycles. The lowest BCUT2D eigenvalue weighted by atomic mass is 10.1. The molecule has 0 aliphatic rings. The minimum atomic E-state index is -0.560. The first kappa shape index (κ1) is 14.5. The fraction of sp³-hybridized carbons (Fsp3) is 0.286. The van der Waals surface area contributed by atoms with Gasteiger partial charge in [0.05, 0.1) is 23.9 Å². The van der Waals surface area contributed by atoms with Gasteiger partial charge >= 0.3 is 6.03 Å². The van der Waals surface area contributed by atoms with Gasteiger partial charge in [0.1, 0.15) is 0 Å². The van der Waals surface area contributed by atoms with E-state index in [-0.39, 0.29) is 6.03 Å². The second kappa shape index (κ2) is 7.62. The molecule has 0 spiro atoms. The van der Waals surface area contributed by atoms with E-state index < -0.39 is 6.10 Å². The Balaban J connectivity index is 1.64. The molecule has 1 heterocycles. The van der Waals surface area contributed by atoms with Gasteiger partial charge in [-0.2, -0.15) is 0 Å². The molecule has 5 nitrogen and oxygen atoms in total. The highest BCUT2D eigenvalue weighted by Gasteiger charge is 2.07. The van der Waals surface area contributed by atoms with Gasteiger partial charge in [-0.1, -0.05) is 30.3 Å². The number of thiazole rings is 1. The highest BCUT2D eigenvalue weighted by molar-refractivity contribution is 7.07. The number of nitrogens with zero attached hydrogens (tertiary/aromatic N) is 1. The summed E-state index contributed by atoms with van der Waals surface area (Å²) in [6, 6.07) is 9.15.